The normalized spacial score (nSPS) is 11.3. The summed E-state index contributed by atoms with van der Waals surface area (Å²) in [5.41, 5.74) is 4.98. The van der Waals surface area contributed by atoms with E-state index in [1.54, 1.807) is 0 Å². The summed E-state index contributed by atoms with van der Waals surface area (Å²) in [5, 5.41) is 0.421. The van der Waals surface area contributed by atoms with E-state index in [0.29, 0.717) is 11.1 Å². The van der Waals surface area contributed by atoms with Crippen LogP contribution in [0.25, 0.3) is 0 Å². The van der Waals surface area contributed by atoms with Crippen molar-refractivity contribution in [2.75, 3.05) is 10.5 Å². The molecule has 2 aromatic rings. The van der Waals surface area contributed by atoms with Gasteiger partial charge in [-0.25, -0.2) is 17.2 Å². The Labute approximate surface area is 119 Å². The van der Waals surface area contributed by atoms with E-state index < -0.39 is 32.2 Å². The highest BCUT2D eigenvalue weighted by molar-refractivity contribution is 7.92. The maximum absolute atomic E-state index is 13.6. The molecule has 0 aliphatic carbocycles. The van der Waals surface area contributed by atoms with Crippen LogP contribution in [0.4, 0.5) is 20.2 Å². The zero-order valence-corrected chi connectivity index (χ0v) is 11.5. The lowest BCUT2D eigenvalue weighted by Crippen LogP contribution is -2.15. The lowest BCUT2D eigenvalue weighted by Gasteiger charge is -2.10. The van der Waals surface area contributed by atoms with Gasteiger partial charge in [0.2, 0.25) is 0 Å². The highest BCUT2D eigenvalue weighted by atomic mass is 35.5. The van der Waals surface area contributed by atoms with Gasteiger partial charge in [-0.2, -0.15) is 0 Å². The lowest BCUT2D eigenvalue weighted by atomic mass is 10.3. The molecule has 2 rings (SSSR count). The topological polar surface area (TPSA) is 72.2 Å². The van der Waals surface area contributed by atoms with Gasteiger partial charge in [0.15, 0.2) is 0 Å². The summed E-state index contributed by atoms with van der Waals surface area (Å²) < 4.78 is 52.7. The predicted molar refractivity (Wildman–Crippen MR) is 73.0 cm³/mol. The molecule has 0 atom stereocenters. The first-order valence-corrected chi connectivity index (χ1v) is 7.18. The van der Waals surface area contributed by atoms with Crippen molar-refractivity contribution in [1.29, 1.82) is 0 Å². The molecule has 0 fully saturated rings. The fourth-order valence-corrected chi connectivity index (χ4v) is 2.76. The first-order chi connectivity index (χ1) is 9.29. The molecule has 0 aliphatic heterocycles. The van der Waals surface area contributed by atoms with Crippen molar-refractivity contribution >= 4 is 33.0 Å². The third kappa shape index (κ3) is 3.00. The molecule has 0 radical (unpaired) electrons. The number of nitrogens with one attached hydrogen (secondary N) is 1. The fraction of sp³-hybridized carbons (Fsp3) is 0. The van der Waals surface area contributed by atoms with Crippen LogP contribution in [-0.4, -0.2) is 8.42 Å². The number of nitrogen functional groups attached to an aromatic ring is 1. The second-order valence-electron chi connectivity index (χ2n) is 3.92. The highest BCUT2D eigenvalue weighted by Crippen LogP contribution is 2.23. The molecule has 0 spiro atoms. The van der Waals surface area contributed by atoms with E-state index in [0.717, 1.165) is 6.07 Å². The molecule has 2 aromatic carbocycles. The van der Waals surface area contributed by atoms with Crippen LogP contribution in [0.2, 0.25) is 5.02 Å². The van der Waals surface area contributed by atoms with Crippen molar-refractivity contribution in [2.45, 2.75) is 4.90 Å². The van der Waals surface area contributed by atoms with E-state index in [-0.39, 0.29) is 5.69 Å². The number of hydrogen-bond acceptors (Lipinski definition) is 3. The summed E-state index contributed by atoms with van der Waals surface area (Å²) in [4.78, 5) is -0.730. The first kappa shape index (κ1) is 14.5. The highest BCUT2D eigenvalue weighted by Gasteiger charge is 2.21. The standard InChI is InChI=1S/C12H9ClF2N2O2S/c13-7-1-3-8(4-2-7)17-20(18,19)12-6-11(16)9(14)5-10(12)15/h1-6,17H,16H2. The van der Waals surface area contributed by atoms with E-state index in [2.05, 4.69) is 4.72 Å². The average Bonchev–Trinajstić information content (AvgIpc) is 2.36. The Morgan fingerprint density at radius 1 is 1.05 bits per heavy atom. The summed E-state index contributed by atoms with van der Waals surface area (Å²) in [6, 6.07) is 6.90. The molecule has 4 nitrogen and oxygen atoms in total. The summed E-state index contributed by atoms with van der Waals surface area (Å²) in [6.45, 7) is 0. The largest absolute Gasteiger partial charge is 0.396 e. The number of sulfonamides is 1. The number of rotatable bonds is 3. The Balaban J connectivity index is 2.40. The van der Waals surface area contributed by atoms with E-state index >= 15 is 0 Å². The van der Waals surface area contributed by atoms with Gasteiger partial charge in [-0.15, -0.1) is 0 Å². The summed E-state index contributed by atoms with van der Waals surface area (Å²) >= 11 is 5.67. The number of benzene rings is 2. The van der Waals surface area contributed by atoms with Crippen molar-refractivity contribution < 1.29 is 17.2 Å². The number of hydrogen-bond donors (Lipinski definition) is 2. The molecule has 0 heterocycles. The van der Waals surface area contributed by atoms with E-state index in [4.69, 9.17) is 17.3 Å². The molecule has 0 unspecified atom stereocenters. The Morgan fingerprint density at radius 2 is 1.65 bits per heavy atom. The first-order valence-electron chi connectivity index (χ1n) is 5.32. The van der Waals surface area contributed by atoms with Gasteiger partial charge in [0, 0.05) is 16.8 Å². The second kappa shape index (κ2) is 5.26. The third-order valence-electron chi connectivity index (χ3n) is 2.44. The molecule has 3 N–H and O–H groups in total. The monoisotopic (exact) mass is 318 g/mol. The Morgan fingerprint density at radius 3 is 2.25 bits per heavy atom. The van der Waals surface area contributed by atoms with Crippen molar-refractivity contribution in [3.63, 3.8) is 0 Å². The molecule has 0 bridgehead atoms. The minimum Gasteiger partial charge on any atom is -0.396 e. The van der Waals surface area contributed by atoms with Gasteiger partial charge in [0.25, 0.3) is 10.0 Å². The van der Waals surface area contributed by atoms with Crippen LogP contribution >= 0.6 is 11.6 Å². The van der Waals surface area contributed by atoms with Gasteiger partial charge in [-0.1, -0.05) is 11.6 Å². The van der Waals surface area contributed by atoms with E-state index in [1.165, 1.54) is 24.3 Å². The minimum atomic E-state index is -4.21. The Kier molecular flexibility index (Phi) is 3.82. The molecule has 20 heavy (non-hydrogen) atoms. The Hall–Kier alpha value is -1.86. The van der Waals surface area contributed by atoms with Crippen LogP contribution < -0.4 is 10.5 Å². The molecule has 106 valence electrons. The van der Waals surface area contributed by atoms with E-state index in [9.17, 15) is 17.2 Å². The minimum absolute atomic E-state index is 0.191. The predicted octanol–water partition coefficient (Wildman–Crippen LogP) is 3.00. The molecule has 0 aliphatic rings. The van der Waals surface area contributed by atoms with Crippen LogP contribution in [-0.2, 0) is 10.0 Å². The molecular weight excluding hydrogens is 310 g/mol. The van der Waals surface area contributed by atoms with Crippen LogP contribution in [0.5, 0.6) is 0 Å². The quantitative estimate of drug-likeness (QED) is 0.854. The number of anilines is 2. The van der Waals surface area contributed by atoms with Gasteiger partial charge in [0.05, 0.1) is 5.69 Å². The van der Waals surface area contributed by atoms with Gasteiger partial charge in [-0.3, -0.25) is 4.72 Å². The van der Waals surface area contributed by atoms with Gasteiger partial charge in [-0.05, 0) is 30.3 Å². The SMILES string of the molecule is Nc1cc(S(=O)(=O)Nc2ccc(Cl)cc2)c(F)cc1F. The summed E-state index contributed by atoms with van der Waals surface area (Å²) in [6.07, 6.45) is 0. The maximum Gasteiger partial charge on any atom is 0.264 e. The summed E-state index contributed by atoms with van der Waals surface area (Å²) in [5.74, 6) is -2.24. The van der Waals surface area contributed by atoms with Crippen molar-refractivity contribution in [3.05, 3.63) is 53.1 Å². The van der Waals surface area contributed by atoms with Crippen LogP contribution in [0, 0.1) is 11.6 Å². The van der Waals surface area contributed by atoms with Crippen LogP contribution in [0.3, 0.4) is 0 Å². The number of halogens is 3. The molecule has 0 aromatic heterocycles. The van der Waals surface area contributed by atoms with E-state index in [1.807, 2.05) is 0 Å². The third-order valence-corrected chi connectivity index (χ3v) is 4.09. The summed E-state index contributed by atoms with van der Waals surface area (Å²) in [7, 11) is -4.21. The lowest BCUT2D eigenvalue weighted by molar-refractivity contribution is 0.553. The number of nitrogens with two attached hydrogens (primary N) is 1. The fourth-order valence-electron chi connectivity index (χ4n) is 1.48. The smallest absolute Gasteiger partial charge is 0.264 e. The molecule has 8 heteroatoms. The van der Waals surface area contributed by atoms with Gasteiger partial charge in [0.1, 0.15) is 16.5 Å². The molecule has 0 amide bonds. The zero-order chi connectivity index (χ0) is 14.9. The molecule has 0 saturated carbocycles. The molecular formula is C12H9ClF2N2O2S. The second-order valence-corrected chi connectivity index (χ2v) is 6.00. The molecule has 0 saturated heterocycles. The zero-order valence-electron chi connectivity index (χ0n) is 9.90. The van der Waals surface area contributed by atoms with Gasteiger partial charge < -0.3 is 5.73 Å². The van der Waals surface area contributed by atoms with Crippen molar-refractivity contribution in [3.8, 4) is 0 Å². The van der Waals surface area contributed by atoms with Crippen LogP contribution in [0.1, 0.15) is 0 Å². The van der Waals surface area contributed by atoms with Crippen molar-refractivity contribution in [1.82, 2.24) is 0 Å². The van der Waals surface area contributed by atoms with Crippen LogP contribution in [0.15, 0.2) is 41.3 Å². The Bertz CT molecular complexity index is 749. The average molecular weight is 319 g/mol. The maximum atomic E-state index is 13.6. The van der Waals surface area contributed by atoms with Gasteiger partial charge >= 0.3 is 0 Å². The van der Waals surface area contributed by atoms with Crippen molar-refractivity contribution in [2.24, 2.45) is 0 Å².